The van der Waals surface area contributed by atoms with Gasteiger partial charge in [0.15, 0.2) is 0 Å². The van der Waals surface area contributed by atoms with E-state index in [4.69, 9.17) is 0 Å². The highest BCUT2D eigenvalue weighted by Gasteiger charge is 2.21. The Morgan fingerprint density at radius 3 is 2.47 bits per heavy atom. The van der Waals surface area contributed by atoms with E-state index in [1.165, 1.54) is 11.8 Å². The molecular formula is C11H17N3O2S. The van der Waals surface area contributed by atoms with Crippen molar-refractivity contribution in [3.05, 3.63) is 21.7 Å². The van der Waals surface area contributed by atoms with Gasteiger partial charge in [-0.15, -0.1) is 11.8 Å². The highest BCUT2D eigenvalue weighted by atomic mass is 32.2. The average Bonchev–Trinajstić information content (AvgIpc) is 2.12. The maximum Gasteiger partial charge on any atom is 0.346 e. The van der Waals surface area contributed by atoms with E-state index < -0.39 is 5.69 Å². The molecular weight excluding hydrogens is 238 g/mol. The zero-order chi connectivity index (χ0) is 13.2. The summed E-state index contributed by atoms with van der Waals surface area (Å²) in [5, 5.41) is 3.31. The Bertz CT molecular complexity index is 488. The molecule has 1 heterocycles. The molecule has 0 aliphatic heterocycles. The van der Waals surface area contributed by atoms with Crippen molar-refractivity contribution in [2.45, 2.75) is 38.3 Å². The normalized spacial score (nSPS) is 11.4. The van der Waals surface area contributed by atoms with Gasteiger partial charge in [0.1, 0.15) is 5.03 Å². The molecule has 1 aromatic heterocycles. The molecule has 0 radical (unpaired) electrons. The van der Waals surface area contributed by atoms with Gasteiger partial charge in [-0.1, -0.05) is 0 Å². The van der Waals surface area contributed by atoms with Gasteiger partial charge >= 0.3 is 5.69 Å². The van der Waals surface area contributed by atoms with E-state index in [1.807, 2.05) is 20.8 Å². The Balaban J connectivity index is 3.21. The van der Waals surface area contributed by atoms with Gasteiger partial charge < -0.3 is 10.3 Å². The Morgan fingerprint density at radius 2 is 2.00 bits per heavy atom. The van der Waals surface area contributed by atoms with Crippen LogP contribution >= 0.6 is 11.8 Å². The Labute approximate surface area is 104 Å². The first kappa shape index (κ1) is 13.8. The fraction of sp³-hybridized carbons (Fsp3) is 0.545. The highest BCUT2D eigenvalue weighted by molar-refractivity contribution is 7.98. The van der Waals surface area contributed by atoms with E-state index in [9.17, 15) is 9.59 Å². The minimum absolute atomic E-state index is 0.219. The Hall–Kier alpha value is -1.30. The molecule has 5 nitrogen and oxygen atoms in total. The highest BCUT2D eigenvalue weighted by Crippen LogP contribution is 2.18. The van der Waals surface area contributed by atoms with Crippen molar-refractivity contribution in [2.24, 2.45) is 0 Å². The summed E-state index contributed by atoms with van der Waals surface area (Å²) in [6.07, 6.45) is 1.79. The average molecular weight is 255 g/mol. The molecule has 1 rings (SSSR count). The standard InChI is InChI=1S/C11H17N3O2S/c1-6-7(8(15)14-11(2,3)4)9(17-5)13-10(16)12-6/h1-5H3,(H,14,15)(H,12,13,16). The molecule has 0 saturated heterocycles. The second kappa shape index (κ2) is 4.91. The van der Waals surface area contributed by atoms with Gasteiger partial charge in [-0.25, -0.2) is 4.79 Å². The van der Waals surface area contributed by atoms with E-state index in [-0.39, 0.29) is 11.4 Å². The van der Waals surface area contributed by atoms with E-state index in [0.29, 0.717) is 16.3 Å². The van der Waals surface area contributed by atoms with Crippen LogP contribution in [0.15, 0.2) is 9.82 Å². The number of aromatic amines is 1. The number of aromatic nitrogens is 2. The number of hydrogen-bond donors (Lipinski definition) is 2. The number of rotatable bonds is 2. The summed E-state index contributed by atoms with van der Waals surface area (Å²) >= 11 is 1.29. The number of amides is 1. The Kier molecular flexibility index (Phi) is 3.98. The third-order valence-electron chi connectivity index (χ3n) is 2.00. The predicted molar refractivity (Wildman–Crippen MR) is 68.6 cm³/mol. The summed E-state index contributed by atoms with van der Waals surface area (Å²) in [6.45, 7) is 7.40. The first-order chi connectivity index (χ1) is 7.74. The van der Waals surface area contributed by atoms with Crippen LogP contribution in [0.5, 0.6) is 0 Å². The molecule has 1 amide bonds. The van der Waals surface area contributed by atoms with Crippen molar-refractivity contribution in [1.29, 1.82) is 0 Å². The second-order valence-electron chi connectivity index (χ2n) is 4.76. The molecule has 0 aliphatic rings. The van der Waals surface area contributed by atoms with Crippen LogP contribution in [0.3, 0.4) is 0 Å². The number of carbonyl (C=O) groups excluding carboxylic acids is 1. The SMILES string of the molecule is CSc1nc(=O)[nH]c(C)c1C(=O)NC(C)(C)C. The maximum absolute atomic E-state index is 12.1. The molecule has 17 heavy (non-hydrogen) atoms. The van der Waals surface area contributed by atoms with Crippen molar-refractivity contribution >= 4 is 17.7 Å². The molecule has 0 unspecified atom stereocenters. The van der Waals surface area contributed by atoms with Gasteiger partial charge in [0, 0.05) is 11.2 Å². The third kappa shape index (κ3) is 3.59. The summed E-state index contributed by atoms with van der Waals surface area (Å²) in [4.78, 5) is 29.6. The quantitative estimate of drug-likeness (QED) is 0.617. The minimum atomic E-state index is -0.431. The van der Waals surface area contributed by atoms with Crippen LogP contribution in [0.4, 0.5) is 0 Å². The molecule has 0 aromatic carbocycles. The number of aryl methyl sites for hydroxylation is 1. The molecule has 0 spiro atoms. The fourth-order valence-corrected chi connectivity index (χ4v) is 2.00. The molecule has 1 aromatic rings. The topological polar surface area (TPSA) is 74.8 Å². The molecule has 0 bridgehead atoms. The summed E-state index contributed by atoms with van der Waals surface area (Å²) in [6, 6.07) is 0. The second-order valence-corrected chi connectivity index (χ2v) is 5.55. The van der Waals surface area contributed by atoms with Gasteiger partial charge in [0.25, 0.3) is 5.91 Å². The number of hydrogen-bond acceptors (Lipinski definition) is 4. The molecule has 0 atom stereocenters. The van der Waals surface area contributed by atoms with Gasteiger partial charge in [-0.05, 0) is 34.0 Å². The third-order valence-corrected chi connectivity index (χ3v) is 2.68. The van der Waals surface area contributed by atoms with E-state index >= 15 is 0 Å². The van der Waals surface area contributed by atoms with Gasteiger partial charge in [0.05, 0.1) is 5.56 Å². The smallest absolute Gasteiger partial charge is 0.346 e. The van der Waals surface area contributed by atoms with Crippen molar-refractivity contribution in [1.82, 2.24) is 15.3 Å². The largest absolute Gasteiger partial charge is 0.347 e. The first-order valence-electron chi connectivity index (χ1n) is 5.22. The van der Waals surface area contributed by atoms with Gasteiger partial charge in [-0.2, -0.15) is 4.98 Å². The monoisotopic (exact) mass is 255 g/mol. The maximum atomic E-state index is 12.1. The summed E-state index contributed by atoms with van der Waals surface area (Å²) in [5.41, 5.74) is 0.220. The number of carbonyl (C=O) groups is 1. The lowest BCUT2D eigenvalue weighted by Crippen LogP contribution is -2.41. The molecule has 0 saturated carbocycles. The minimum Gasteiger partial charge on any atom is -0.347 e. The predicted octanol–water partition coefficient (Wildman–Crippen LogP) is 1.33. The van der Waals surface area contributed by atoms with E-state index in [2.05, 4.69) is 15.3 Å². The van der Waals surface area contributed by atoms with Crippen molar-refractivity contribution in [3.63, 3.8) is 0 Å². The Morgan fingerprint density at radius 1 is 1.41 bits per heavy atom. The summed E-state index contributed by atoms with van der Waals surface area (Å²) in [7, 11) is 0. The zero-order valence-corrected chi connectivity index (χ0v) is 11.5. The lowest BCUT2D eigenvalue weighted by Gasteiger charge is -2.21. The summed E-state index contributed by atoms with van der Waals surface area (Å²) < 4.78 is 0. The molecule has 0 aliphatic carbocycles. The molecule has 6 heteroatoms. The van der Waals surface area contributed by atoms with Crippen LogP contribution in [0.25, 0.3) is 0 Å². The number of thioether (sulfide) groups is 1. The number of H-pyrrole nitrogens is 1. The van der Waals surface area contributed by atoms with Gasteiger partial charge in [0.2, 0.25) is 0 Å². The lowest BCUT2D eigenvalue weighted by molar-refractivity contribution is 0.0914. The van der Waals surface area contributed by atoms with Gasteiger partial charge in [-0.3, -0.25) is 4.79 Å². The zero-order valence-electron chi connectivity index (χ0n) is 10.7. The lowest BCUT2D eigenvalue weighted by atomic mass is 10.1. The van der Waals surface area contributed by atoms with Crippen molar-refractivity contribution < 1.29 is 4.79 Å². The van der Waals surface area contributed by atoms with Crippen molar-refractivity contribution in [2.75, 3.05) is 6.26 Å². The van der Waals surface area contributed by atoms with E-state index in [0.717, 1.165) is 0 Å². The molecule has 2 N–H and O–H groups in total. The van der Waals surface area contributed by atoms with Crippen LogP contribution in [0.2, 0.25) is 0 Å². The van der Waals surface area contributed by atoms with Crippen molar-refractivity contribution in [3.8, 4) is 0 Å². The van der Waals surface area contributed by atoms with Crippen LogP contribution in [0.1, 0.15) is 36.8 Å². The van der Waals surface area contributed by atoms with Crippen LogP contribution in [0, 0.1) is 6.92 Å². The molecule has 0 fully saturated rings. The fourth-order valence-electron chi connectivity index (χ4n) is 1.38. The number of nitrogens with zero attached hydrogens (tertiary/aromatic N) is 1. The van der Waals surface area contributed by atoms with E-state index in [1.54, 1.807) is 13.2 Å². The van der Waals surface area contributed by atoms with Crippen LogP contribution in [-0.2, 0) is 0 Å². The molecule has 94 valence electrons. The summed E-state index contributed by atoms with van der Waals surface area (Å²) in [5.74, 6) is -0.219. The van der Waals surface area contributed by atoms with Crippen LogP contribution in [-0.4, -0.2) is 27.7 Å². The van der Waals surface area contributed by atoms with Crippen LogP contribution < -0.4 is 11.0 Å². The number of nitrogens with one attached hydrogen (secondary N) is 2. The first-order valence-corrected chi connectivity index (χ1v) is 6.44.